The number of hydrogen-bond acceptors (Lipinski definition) is 6. The average molecular weight is 429 g/mol. The van der Waals surface area contributed by atoms with Crippen molar-refractivity contribution in [1.82, 2.24) is 4.72 Å². The van der Waals surface area contributed by atoms with Crippen molar-refractivity contribution in [3.8, 4) is 0 Å². The van der Waals surface area contributed by atoms with E-state index in [1.54, 1.807) is 24.3 Å². The van der Waals surface area contributed by atoms with Crippen molar-refractivity contribution < 1.29 is 22.7 Å². The normalized spacial score (nSPS) is 16.4. The highest BCUT2D eigenvalue weighted by Crippen LogP contribution is 2.22. The van der Waals surface area contributed by atoms with Crippen LogP contribution in [0.1, 0.15) is 30.9 Å². The highest BCUT2D eigenvalue weighted by atomic mass is 32.2. The number of aryl methyl sites for hydroxylation is 1. The van der Waals surface area contributed by atoms with E-state index in [9.17, 15) is 18.0 Å². The van der Waals surface area contributed by atoms with Gasteiger partial charge in [-0.15, -0.1) is 0 Å². The van der Waals surface area contributed by atoms with Crippen molar-refractivity contribution in [1.29, 1.82) is 0 Å². The predicted molar refractivity (Wildman–Crippen MR) is 113 cm³/mol. The van der Waals surface area contributed by atoms with Crippen molar-refractivity contribution in [2.75, 3.05) is 11.9 Å². The van der Waals surface area contributed by atoms with Crippen LogP contribution in [0.4, 0.5) is 5.69 Å². The number of hydrogen-bond donors (Lipinski definition) is 2. The molecule has 0 fully saturated rings. The van der Waals surface area contributed by atoms with Crippen LogP contribution in [0.15, 0.2) is 58.4 Å². The summed E-state index contributed by atoms with van der Waals surface area (Å²) in [6, 6.07) is 13.9. The van der Waals surface area contributed by atoms with Gasteiger partial charge in [0.15, 0.2) is 6.10 Å². The van der Waals surface area contributed by atoms with Gasteiger partial charge in [0, 0.05) is 24.2 Å². The third-order valence-corrected chi connectivity index (χ3v) is 5.83. The molecule has 2 aromatic carbocycles. The number of nitrogens with zero attached hydrogens (tertiary/aromatic N) is 1. The minimum absolute atomic E-state index is 0.0627. The predicted octanol–water partition coefficient (Wildman–Crippen LogP) is 2.38. The summed E-state index contributed by atoms with van der Waals surface area (Å²) in [7, 11) is -3.58. The van der Waals surface area contributed by atoms with Gasteiger partial charge in [-0.05, 0) is 50.1 Å². The van der Waals surface area contributed by atoms with E-state index in [0.717, 1.165) is 5.56 Å². The number of esters is 1. The lowest BCUT2D eigenvalue weighted by atomic mass is 10.2. The Labute approximate surface area is 175 Å². The molecule has 2 N–H and O–H groups in total. The van der Waals surface area contributed by atoms with Crippen LogP contribution in [0.2, 0.25) is 0 Å². The fourth-order valence-corrected chi connectivity index (χ4v) is 4.19. The molecule has 0 spiro atoms. The summed E-state index contributed by atoms with van der Waals surface area (Å²) in [4.78, 5) is 28.6. The number of amidine groups is 1. The van der Waals surface area contributed by atoms with Gasteiger partial charge < -0.3 is 10.1 Å². The van der Waals surface area contributed by atoms with Gasteiger partial charge in [-0.2, -0.15) is 0 Å². The van der Waals surface area contributed by atoms with Gasteiger partial charge >= 0.3 is 5.97 Å². The van der Waals surface area contributed by atoms with Crippen LogP contribution in [0.3, 0.4) is 0 Å². The first-order valence-corrected chi connectivity index (χ1v) is 11.0. The summed E-state index contributed by atoms with van der Waals surface area (Å²) in [5.41, 5.74) is 2.16. The van der Waals surface area contributed by atoms with Gasteiger partial charge in [0.25, 0.3) is 15.9 Å². The maximum atomic E-state index is 12.2. The number of benzene rings is 2. The molecule has 1 aliphatic heterocycles. The fourth-order valence-electron chi connectivity index (χ4n) is 2.94. The SMILES string of the molecule is Cc1cccc(NC(=O)[C@H](C)OC(=O)CCCN=C2NS(=O)(=O)c3ccccc32)c1. The lowest BCUT2D eigenvalue weighted by molar-refractivity contribution is -0.153. The molecule has 0 saturated carbocycles. The molecule has 158 valence electrons. The molecular weight excluding hydrogens is 406 g/mol. The van der Waals surface area contributed by atoms with Gasteiger partial charge in [0.05, 0.1) is 4.90 Å². The minimum Gasteiger partial charge on any atom is -0.453 e. The number of aliphatic imine (C=N–C) groups is 1. The van der Waals surface area contributed by atoms with Crippen LogP contribution in [-0.4, -0.2) is 38.8 Å². The van der Waals surface area contributed by atoms with Crippen LogP contribution in [0, 0.1) is 6.92 Å². The molecule has 1 amide bonds. The van der Waals surface area contributed by atoms with Crippen LogP contribution in [0.5, 0.6) is 0 Å². The summed E-state index contributed by atoms with van der Waals surface area (Å²) in [5, 5.41) is 2.71. The van der Waals surface area contributed by atoms with Crippen molar-refractivity contribution in [3.05, 3.63) is 59.7 Å². The van der Waals surface area contributed by atoms with Gasteiger partial charge in [-0.25, -0.2) is 8.42 Å². The Bertz CT molecular complexity index is 1100. The van der Waals surface area contributed by atoms with Crippen molar-refractivity contribution in [3.63, 3.8) is 0 Å². The summed E-state index contributed by atoms with van der Waals surface area (Å²) >= 11 is 0. The van der Waals surface area contributed by atoms with E-state index in [2.05, 4.69) is 15.0 Å². The van der Waals surface area contributed by atoms with Gasteiger partial charge in [-0.3, -0.25) is 19.3 Å². The van der Waals surface area contributed by atoms with Crippen LogP contribution < -0.4 is 10.0 Å². The largest absolute Gasteiger partial charge is 0.453 e. The Hall–Kier alpha value is -3.20. The van der Waals surface area contributed by atoms with E-state index in [-0.39, 0.29) is 23.7 Å². The zero-order valence-electron chi connectivity index (χ0n) is 16.7. The maximum Gasteiger partial charge on any atom is 0.306 e. The number of nitrogens with one attached hydrogen (secondary N) is 2. The van der Waals surface area contributed by atoms with Gasteiger partial charge in [-0.1, -0.05) is 24.3 Å². The molecule has 1 atom stereocenters. The Morgan fingerprint density at radius 3 is 2.70 bits per heavy atom. The molecule has 8 nitrogen and oxygen atoms in total. The maximum absolute atomic E-state index is 12.2. The number of carbonyl (C=O) groups excluding carboxylic acids is 2. The van der Waals surface area contributed by atoms with E-state index in [4.69, 9.17) is 4.74 Å². The molecule has 1 heterocycles. The molecular formula is C21H23N3O5S. The number of carbonyl (C=O) groups is 2. The number of rotatable bonds is 7. The molecule has 0 bridgehead atoms. The Morgan fingerprint density at radius 2 is 1.93 bits per heavy atom. The van der Waals surface area contributed by atoms with Crippen LogP contribution >= 0.6 is 0 Å². The van der Waals surface area contributed by atoms with E-state index >= 15 is 0 Å². The first-order valence-electron chi connectivity index (χ1n) is 9.50. The molecule has 1 aliphatic rings. The number of sulfonamides is 1. The molecule has 0 aromatic heterocycles. The van der Waals surface area contributed by atoms with Gasteiger partial charge in [0.1, 0.15) is 5.84 Å². The van der Waals surface area contributed by atoms with Gasteiger partial charge in [0.2, 0.25) is 0 Å². The Balaban J connectivity index is 1.46. The van der Waals surface area contributed by atoms with E-state index in [0.29, 0.717) is 17.7 Å². The molecule has 0 saturated heterocycles. The zero-order chi connectivity index (χ0) is 21.7. The topological polar surface area (TPSA) is 114 Å². The lowest BCUT2D eigenvalue weighted by Gasteiger charge is -2.13. The highest BCUT2D eigenvalue weighted by molar-refractivity contribution is 7.90. The fraction of sp³-hybridized carbons (Fsp3) is 0.286. The molecule has 0 radical (unpaired) electrons. The van der Waals surface area contributed by atoms with Crippen molar-refractivity contribution in [2.45, 2.75) is 37.7 Å². The number of ether oxygens (including phenoxy) is 1. The molecule has 2 aromatic rings. The third kappa shape index (κ3) is 5.24. The van der Waals surface area contributed by atoms with E-state index < -0.39 is 28.0 Å². The van der Waals surface area contributed by atoms with E-state index in [1.807, 2.05) is 25.1 Å². The number of amides is 1. The third-order valence-electron chi connectivity index (χ3n) is 4.43. The zero-order valence-corrected chi connectivity index (χ0v) is 17.5. The van der Waals surface area contributed by atoms with Crippen LogP contribution in [-0.2, 0) is 24.3 Å². The quantitative estimate of drug-likeness (QED) is 0.518. The second-order valence-electron chi connectivity index (χ2n) is 6.93. The minimum atomic E-state index is -3.58. The lowest BCUT2D eigenvalue weighted by Crippen LogP contribution is -2.30. The number of fused-ring (bicyclic) bond motifs is 1. The van der Waals surface area contributed by atoms with Crippen molar-refractivity contribution >= 4 is 33.4 Å². The average Bonchev–Trinajstić information content (AvgIpc) is 2.96. The first-order chi connectivity index (χ1) is 14.3. The second kappa shape index (κ2) is 9.08. The van der Waals surface area contributed by atoms with E-state index in [1.165, 1.54) is 13.0 Å². The highest BCUT2D eigenvalue weighted by Gasteiger charge is 2.29. The Morgan fingerprint density at radius 1 is 1.17 bits per heavy atom. The molecule has 3 rings (SSSR count). The summed E-state index contributed by atoms with van der Waals surface area (Å²) in [5.74, 6) is -0.662. The second-order valence-corrected chi connectivity index (χ2v) is 8.58. The smallest absolute Gasteiger partial charge is 0.306 e. The number of anilines is 1. The molecule has 30 heavy (non-hydrogen) atoms. The van der Waals surface area contributed by atoms with Crippen molar-refractivity contribution in [2.24, 2.45) is 4.99 Å². The molecule has 0 aliphatic carbocycles. The standard InChI is InChI=1S/C21H23N3O5S/c1-14-7-5-8-16(13-14)23-21(26)15(2)29-19(25)11-6-12-22-20-17-9-3-4-10-18(17)30(27,28)24-20/h3-5,7-10,13,15H,6,11-12H2,1-2H3,(H,22,24)(H,23,26)/t15-/m0/s1. The summed E-state index contributed by atoms with van der Waals surface area (Å²) in [6.45, 7) is 3.66. The summed E-state index contributed by atoms with van der Waals surface area (Å²) in [6.07, 6.45) is -0.510. The summed E-state index contributed by atoms with van der Waals surface area (Å²) < 4.78 is 31.6. The monoisotopic (exact) mass is 429 g/mol. The molecule has 0 unspecified atom stereocenters. The molecule has 9 heteroatoms. The first kappa shape index (κ1) is 21.5. The van der Waals surface area contributed by atoms with Crippen LogP contribution in [0.25, 0.3) is 0 Å². The Kier molecular flexibility index (Phi) is 6.51.